The van der Waals surface area contributed by atoms with Gasteiger partial charge in [0.05, 0.1) is 5.69 Å². The van der Waals surface area contributed by atoms with E-state index in [1.807, 2.05) is 22.9 Å². The van der Waals surface area contributed by atoms with Gasteiger partial charge in [-0.25, -0.2) is 9.67 Å². The molecule has 3 rings (SSSR count). The number of aryl methyl sites for hydroxylation is 3. The van der Waals surface area contributed by atoms with Gasteiger partial charge in [0.15, 0.2) is 11.6 Å². The first-order valence-corrected chi connectivity index (χ1v) is 8.68. The van der Waals surface area contributed by atoms with Crippen LogP contribution in [-0.4, -0.2) is 14.8 Å². The zero-order valence-corrected chi connectivity index (χ0v) is 15.3. The summed E-state index contributed by atoms with van der Waals surface area (Å²) < 4.78 is 3.09. The molecule has 0 fully saturated rings. The van der Waals surface area contributed by atoms with E-state index in [0.717, 1.165) is 40.2 Å². The minimum atomic E-state index is 0.890. The molecule has 0 atom stereocenters. The molecule has 1 heterocycles. The summed E-state index contributed by atoms with van der Waals surface area (Å²) in [5, 5.41) is 4.79. The van der Waals surface area contributed by atoms with Gasteiger partial charge in [0.25, 0.3) is 0 Å². The fourth-order valence-corrected chi connectivity index (χ4v) is 3.54. The number of nitrogens with zero attached hydrogens (tertiary/aromatic N) is 3. The van der Waals surface area contributed by atoms with E-state index in [1.54, 1.807) is 0 Å². The molecule has 0 bridgehead atoms. The molecule has 0 spiro atoms. The molecule has 23 heavy (non-hydrogen) atoms. The van der Waals surface area contributed by atoms with Gasteiger partial charge in [-0.3, -0.25) is 0 Å². The van der Waals surface area contributed by atoms with E-state index in [0.29, 0.717) is 0 Å². The summed E-state index contributed by atoms with van der Waals surface area (Å²) in [7, 11) is 0. The lowest BCUT2D eigenvalue weighted by Gasteiger charge is -2.13. The Morgan fingerprint density at radius 1 is 1.04 bits per heavy atom. The van der Waals surface area contributed by atoms with E-state index in [4.69, 9.17) is 10.1 Å². The number of hydrogen-bond donors (Lipinski definition) is 0. The maximum Gasteiger partial charge on any atom is 0.163 e. The van der Waals surface area contributed by atoms with E-state index in [9.17, 15) is 0 Å². The monoisotopic (exact) mass is 369 g/mol. The molecule has 0 saturated carbocycles. The van der Waals surface area contributed by atoms with Crippen molar-refractivity contribution in [2.75, 3.05) is 0 Å². The standard InChI is InChI=1S/C19H20BrN3/c1-4-8-17-21-19(15-9-6-5-7-10-15)23(22-17)18-13(2)11-16(20)12-14(18)3/h5-7,9-12H,4,8H2,1-3H3. The van der Waals surface area contributed by atoms with Gasteiger partial charge in [0.1, 0.15) is 0 Å². The lowest BCUT2D eigenvalue weighted by atomic mass is 10.1. The average Bonchev–Trinajstić information content (AvgIpc) is 2.91. The average molecular weight is 370 g/mol. The van der Waals surface area contributed by atoms with Gasteiger partial charge < -0.3 is 0 Å². The third-order valence-corrected chi connectivity index (χ3v) is 4.28. The maximum absolute atomic E-state index is 4.79. The summed E-state index contributed by atoms with van der Waals surface area (Å²) in [5.41, 5.74) is 4.56. The second kappa shape index (κ2) is 6.67. The Morgan fingerprint density at radius 2 is 1.70 bits per heavy atom. The van der Waals surface area contributed by atoms with Crippen LogP contribution in [0.3, 0.4) is 0 Å². The van der Waals surface area contributed by atoms with E-state index in [2.05, 4.69) is 61.0 Å². The zero-order chi connectivity index (χ0) is 16.4. The van der Waals surface area contributed by atoms with Gasteiger partial charge in [-0.1, -0.05) is 53.2 Å². The molecule has 0 radical (unpaired) electrons. The highest BCUT2D eigenvalue weighted by molar-refractivity contribution is 9.10. The molecule has 4 heteroatoms. The van der Waals surface area contributed by atoms with Gasteiger partial charge in [-0.15, -0.1) is 0 Å². The summed E-state index contributed by atoms with van der Waals surface area (Å²) in [6, 6.07) is 14.5. The molecule has 3 nitrogen and oxygen atoms in total. The van der Waals surface area contributed by atoms with Crippen molar-refractivity contribution in [2.45, 2.75) is 33.6 Å². The molecule has 0 amide bonds. The van der Waals surface area contributed by atoms with Crippen LogP contribution >= 0.6 is 15.9 Å². The van der Waals surface area contributed by atoms with Crippen LogP contribution < -0.4 is 0 Å². The SMILES string of the molecule is CCCc1nc(-c2ccccc2)n(-c2c(C)cc(Br)cc2C)n1. The minimum Gasteiger partial charge on any atom is -0.212 e. The lowest BCUT2D eigenvalue weighted by molar-refractivity contribution is 0.795. The number of aromatic nitrogens is 3. The first-order chi connectivity index (χ1) is 11.1. The van der Waals surface area contributed by atoms with E-state index >= 15 is 0 Å². The highest BCUT2D eigenvalue weighted by Crippen LogP contribution is 2.28. The largest absolute Gasteiger partial charge is 0.212 e. The molecule has 0 aliphatic heterocycles. The van der Waals surface area contributed by atoms with Crippen molar-refractivity contribution in [3.05, 3.63) is 63.9 Å². The number of benzene rings is 2. The van der Waals surface area contributed by atoms with Crippen molar-refractivity contribution in [1.29, 1.82) is 0 Å². The molecule has 0 saturated heterocycles. The highest BCUT2D eigenvalue weighted by Gasteiger charge is 2.16. The zero-order valence-electron chi connectivity index (χ0n) is 13.7. The predicted octanol–water partition coefficient (Wildman–Crippen LogP) is 5.27. The number of rotatable bonds is 4. The van der Waals surface area contributed by atoms with Crippen LogP contribution in [0.15, 0.2) is 46.9 Å². The van der Waals surface area contributed by atoms with Crippen molar-refractivity contribution in [1.82, 2.24) is 14.8 Å². The Morgan fingerprint density at radius 3 is 2.30 bits per heavy atom. The fraction of sp³-hybridized carbons (Fsp3) is 0.263. The third kappa shape index (κ3) is 3.22. The van der Waals surface area contributed by atoms with Crippen LogP contribution in [0.25, 0.3) is 17.1 Å². The summed E-state index contributed by atoms with van der Waals surface area (Å²) >= 11 is 3.57. The molecule has 3 aromatic rings. The summed E-state index contributed by atoms with van der Waals surface area (Å²) in [6.07, 6.45) is 1.93. The molecule has 2 aromatic carbocycles. The van der Waals surface area contributed by atoms with Crippen LogP contribution in [0.4, 0.5) is 0 Å². The summed E-state index contributed by atoms with van der Waals surface area (Å²) in [4.78, 5) is 4.79. The fourth-order valence-electron chi connectivity index (χ4n) is 2.85. The molecule has 0 aliphatic carbocycles. The van der Waals surface area contributed by atoms with Crippen molar-refractivity contribution in [3.8, 4) is 17.1 Å². The minimum absolute atomic E-state index is 0.890. The second-order valence-corrected chi connectivity index (χ2v) is 6.68. The Kier molecular flexibility index (Phi) is 4.62. The van der Waals surface area contributed by atoms with Crippen LogP contribution in [0.2, 0.25) is 0 Å². The van der Waals surface area contributed by atoms with Gasteiger partial charge in [0, 0.05) is 16.5 Å². The Labute approximate surface area is 145 Å². The third-order valence-electron chi connectivity index (χ3n) is 3.82. The van der Waals surface area contributed by atoms with Gasteiger partial charge in [-0.2, -0.15) is 5.10 Å². The van der Waals surface area contributed by atoms with Crippen molar-refractivity contribution in [3.63, 3.8) is 0 Å². The molecule has 0 aliphatic rings. The summed E-state index contributed by atoms with van der Waals surface area (Å²) in [5.74, 6) is 1.80. The molecule has 0 unspecified atom stereocenters. The number of hydrogen-bond acceptors (Lipinski definition) is 2. The first kappa shape index (κ1) is 15.9. The highest BCUT2D eigenvalue weighted by atomic mass is 79.9. The smallest absolute Gasteiger partial charge is 0.163 e. The van der Waals surface area contributed by atoms with Crippen molar-refractivity contribution < 1.29 is 0 Å². The van der Waals surface area contributed by atoms with Crippen molar-refractivity contribution >= 4 is 15.9 Å². The van der Waals surface area contributed by atoms with E-state index in [-0.39, 0.29) is 0 Å². The van der Waals surface area contributed by atoms with E-state index in [1.165, 1.54) is 11.1 Å². The molecule has 0 N–H and O–H groups in total. The van der Waals surface area contributed by atoms with Crippen LogP contribution in [0.1, 0.15) is 30.3 Å². The quantitative estimate of drug-likeness (QED) is 0.627. The van der Waals surface area contributed by atoms with Gasteiger partial charge in [-0.05, 0) is 43.5 Å². The first-order valence-electron chi connectivity index (χ1n) is 7.88. The van der Waals surface area contributed by atoms with Gasteiger partial charge >= 0.3 is 0 Å². The number of halogens is 1. The molecular weight excluding hydrogens is 350 g/mol. The Hall–Kier alpha value is -1.94. The Balaban J connectivity index is 2.23. The molecule has 1 aromatic heterocycles. The van der Waals surface area contributed by atoms with Crippen LogP contribution in [0.5, 0.6) is 0 Å². The molecular formula is C19H20BrN3. The molecule has 118 valence electrons. The van der Waals surface area contributed by atoms with Crippen LogP contribution in [-0.2, 0) is 6.42 Å². The predicted molar refractivity (Wildman–Crippen MR) is 98.0 cm³/mol. The second-order valence-electron chi connectivity index (χ2n) is 5.77. The Bertz CT molecular complexity index is 799. The maximum atomic E-state index is 4.79. The van der Waals surface area contributed by atoms with Gasteiger partial charge in [0.2, 0.25) is 0 Å². The summed E-state index contributed by atoms with van der Waals surface area (Å²) in [6.45, 7) is 6.38. The van der Waals surface area contributed by atoms with E-state index < -0.39 is 0 Å². The van der Waals surface area contributed by atoms with Crippen LogP contribution in [0, 0.1) is 13.8 Å². The lowest BCUT2D eigenvalue weighted by Crippen LogP contribution is -2.05. The normalized spacial score (nSPS) is 11.0. The van der Waals surface area contributed by atoms with Crippen molar-refractivity contribution in [2.24, 2.45) is 0 Å². The topological polar surface area (TPSA) is 30.7 Å².